The summed E-state index contributed by atoms with van der Waals surface area (Å²) >= 11 is 0. The van der Waals surface area contributed by atoms with Crippen molar-refractivity contribution in [3.05, 3.63) is 24.3 Å². The quantitative estimate of drug-likeness (QED) is 0.809. The van der Waals surface area contributed by atoms with Crippen molar-refractivity contribution >= 4 is 15.7 Å². The minimum atomic E-state index is -3.35. The number of anilines is 1. The summed E-state index contributed by atoms with van der Waals surface area (Å²) in [6.45, 7) is 4.94. The van der Waals surface area contributed by atoms with Crippen LogP contribution in [0.3, 0.4) is 0 Å². The van der Waals surface area contributed by atoms with Gasteiger partial charge in [-0.3, -0.25) is 0 Å². The van der Waals surface area contributed by atoms with Crippen LogP contribution in [0.1, 0.15) is 13.8 Å². The molecule has 0 saturated heterocycles. The number of nitrogens with one attached hydrogen (secondary N) is 1. The maximum atomic E-state index is 12.4. The van der Waals surface area contributed by atoms with Crippen LogP contribution in [0.5, 0.6) is 0 Å². The molecule has 1 aliphatic rings. The SMILES string of the molecule is CC(C)N1CCNc2ccccc2S1(=O)=O. The molecule has 1 aliphatic heterocycles. The fourth-order valence-corrected chi connectivity index (χ4v) is 3.73. The predicted molar refractivity (Wildman–Crippen MR) is 64.0 cm³/mol. The minimum Gasteiger partial charge on any atom is -0.383 e. The molecule has 5 heteroatoms. The molecule has 0 radical (unpaired) electrons. The van der Waals surface area contributed by atoms with Crippen molar-refractivity contribution < 1.29 is 8.42 Å². The lowest BCUT2D eigenvalue weighted by molar-refractivity contribution is 0.367. The normalized spacial score (nSPS) is 19.9. The van der Waals surface area contributed by atoms with Gasteiger partial charge < -0.3 is 5.32 Å². The zero-order valence-corrected chi connectivity index (χ0v) is 10.3. The summed E-state index contributed by atoms with van der Waals surface area (Å²) in [6, 6.07) is 7.03. The number of fused-ring (bicyclic) bond motifs is 1. The van der Waals surface area contributed by atoms with Gasteiger partial charge in [0, 0.05) is 19.1 Å². The molecule has 16 heavy (non-hydrogen) atoms. The van der Waals surface area contributed by atoms with Gasteiger partial charge in [-0.15, -0.1) is 0 Å². The van der Waals surface area contributed by atoms with E-state index in [1.54, 1.807) is 18.2 Å². The summed E-state index contributed by atoms with van der Waals surface area (Å²) < 4.78 is 26.2. The van der Waals surface area contributed by atoms with Gasteiger partial charge in [0.15, 0.2) is 0 Å². The van der Waals surface area contributed by atoms with Crippen molar-refractivity contribution in [1.29, 1.82) is 0 Å². The molecule has 0 amide bonds. The third-order valence-electron chi connectivity index (χ3n) is 2.70. The first-order valence-electron chi connectivity index (χ1n) is 5.38. The lowest BCUT2D eigenvalue weighted by atomic mass is 10.3. The molecule has 1 aromatic carbocycles. The lowest BCUT2D eigenvalue weighted by Gasteiger charge is -2.23. The van der Waals surface area contributed by atoms with Gasteiger partial charge in [-0.1, -0.05) is 12.1 Å². The van der Waals surface area contributed by atoms with Crippen LogP contribution in [0.25, 0.3) is 0 Å². The molecule has 0 bridgehead atoms. The van der Waals surface area contributed by atoms with E-state index in [1.165, 1.54) is 4.31 Å². The molecule has 88 valence electrons. The zero-order valence-electron chi connectivity index (χ0n) is 9.47. The zero-order chi connectivity index (χ0) is 11.8. The number of nitrogens with zero attached hydrogens (tertiary/aromatic N) is 1. The van der Waals surface area contributed by atoms with E-state index in [0.717, 1.165) is 0 Å². The predicted octanol–water partition coefficient (Wildman–Crippen LogP) is 1.51. The number of rotatable bonds is 1. The van der Waals surface area contributed by atoms with E-state index in [4.69, 9.17) is 0 Å². The molecule has 1 aromatic rings. The smallest absolute Gasteiger partial charge is 0.245 e. The Morgan fingerprint density at radius 1 is 1.31 bits per heavy atom. The monoisotopic (exact) mass is 240 g/mol. The molecular formula is C11H16N2O2S. The average molecular weight is 240 g/mol. The molecule has 2 rings (SSSR count). The van der Waals surface area contributed by atoms with E-state index >= 15 is 0 Å². The van der Waals surface area contributed by atoms with Gasteiger partial charge in [0.25, 0.3) is 0 Å². The van der Waals surface area contributed by atoms with Gasteiger partial charge in [0.05, 0.1) is 5.69 Å². The molecule has 0 aromatic heterocycles. The molecule has 0 saturated carbocycles. The van der Waals surface area contributed by atoms with Crippen molar-refractivity contribution in [2.75, 3.05) is 18.4 Å². The van der Waals surface area contributed by atoms with E-state index in [9.17, 15) is 8.42 Å². The Hall–Kier alpha value is -1.07. The summed E-state index contributed by atoms with van der Waals surface area (Å²) in [7, 11) is -3.35. The summed E-state index contributed by atoms with van der Waals surface area (Å²) in [6.07, 6.45) is 0. The van der Waals surface area contributed by atoms with Crippen LogP contribution < -0.4 is 5.32 Å². The first-order chi connectivity index (χ1) is 7.53. The number of para-hydroxylation sites is 1. The van der Waals surface area contributed by atoms with E-state index in [0.29, 0.717) is 23.7 Å². The molecule has 0 fully saturated rings. The second-order valence-corrected chi connectivity index (χ2v) is 5.99. The number of sulfonamides is 1. The van der Waals surface area contributed by atoms with Crippen LogP contribution in [0.4, 0.5) is 5.69 Å². The Morgan fingerprint density at radius 2 is 2.00 bits per heavy atom. The highest BCUT2D eigenvalue weighted by Crippen LogP contribution is 2.27. The molecular weight excluding hydrogens is 224 g/mol. The second-order valence-electron chi connectivity index (χ2n) is 4.13. The Balaban J connectivity index is 2.57. The number of benzene rings is 1. The van der Waals surface area contributed by atoms with Gasteiger partial charge in [-0.2, -0.15) is 4.31 Å². The van der Waals surface area contributed by atoms with Gasteiger partial charge in [-0.05, 0) is 26.0 Å². The summed E-state index contributed by atoms with van der Waals surface area (Å²) in [5.41, 5.74) is 0.700. The standard InChI is InChI=1S/C11H16N2O2S/c1-9(2)13-8-7-12-10-5-3-4-6-11(10)16(13,14)15/h3-6,9,12H,7-8H2,1-2H3. The van der Waals surface area contributed by atoms with E-state index in [2.05, 4.69) is 5.32 Å². The molecule has 4 nitrogen and oxygen atoms in total. The molecule has 0 atom stereocenters. The van der Waals surface area contributed by atoms with Crippen LogP contribution in [0.2, 0.25) is 0 Å². The van der Waals surface area contributed by atoms with Crippen molar-refractivity contribution in [2.24, 2.45) is 0 Å². The third-order valence-corrected chi connectivity index (χ3v) is 4.83. The van der Waals surface area contributed by atoms with Crippen LogP contribution in [0, 0.1) is 0 Å². The van der Waals surface area contributed by atoms with Gasteiger partial charge >= 0.3 is 0 Å². The molecule has 0 unspecified atom stereocenters. The first-order valence-corrected chi connectivity index (χ1v) is 6.82. The lowest BCUT2D eigenvalue weighted by Crippen LogP contribution is -2.38. The van der Waals surface area contributed by atoms with Crippen molar-refractivity contribution in [1.82, 2.24) is 4.31 Å². The van der Waals surface area contributed by atoms with E-state index < -0.39 is 10.0 Å². The number of hydrogen-bond acceptors (Lipinski definition) is 3. The van der Waals surface area contributed by atoms with Gasteiger partial charge in [0.1, 0.15) is 4.90 Å². The Labute approximate surface area is 96.3 Å². The topological polar surface area (TPSA) is 49.4 Å². The highest BCUT2D eigenvalue weighted by Gasteiger charge is 2.30. The Morgan fingerprint density at radius 3 is 2.69 bits per heavy atom. The average Bonchev–Trinajstić information content (AvgIpc) is 2.36. The fraction of sp³-hybridized carbons (Fsp3) is 0.455. The summed E-state index contributed by atoms with van der Waals surface area (Å²) in [5.74, 6) is 0. The summed E-state index contributed by atoms with van der Waals surface area (Å²) in [4.78, 5) is 0.376. The molecule has 1 N–H and O–H groups in total. The molecule has 1 heterocycles. The fourth-order valence-electron chi connectivity index (χ4n) is 1.92. The largest absolute Gasteiger partial charge is 0.383 e. The van der Waals surface area contributed by atoms with E-state index in [-0.39, 0.29) is 6.04 Å². The maximum Gasteiger partial charge on any atom is 0.245 e. The Kier molecular flexibility index (Phi) is 2.90. The first kappa shape index (κ1) is 11.4. The van der Waals surface area contributed by atoms with Gasteiger partial charge in [0.2, 0.25) is 10.0 Å². The van der Waals surface area contributed by atoms with Crippen LogP contribution in [-0.4, -0.2) is 31.9 Å². The summed E-state index contributed by atoms with van der Waals surface area (Å²) in [5, 5.41) is 3.14. The highest BCUT2D eigenvalue weighted by atomic mass is 32.2. The third kappa shape index (κ3) is 1.81. The minimum absolute atomic E-state index is 0.0158. The van der Waals surface area contributed by atoms with E-state index in [1.807, 2.05) is 19.9 Å². The van der Waals surface area contributed by atoms with Crippen LogP contribution in [0.15, 0.2) is 29.2 Å². The molecule has 0 aliphatic carbocycles. The maximum absolute atomic E-state index is 12.4. The van der Waals surface area contributed by atoms with Crippen LogP contribution in [-0.2, 0) is 10.0 Å². The second kappa shape index (κ2) is 4.07. The number of hydrogen-bond donors (Lipinski definition) is 1. The van der Waals surface area contributed by atoms with Crippen molar-refractivity contribution in [3.8, 4) is 0 Å². The van der Waals surface area contributed by atoms with Crippen molar-refractivity contribution in [2.45, 2.75) is 24.8 Å². The highest BCUT2D eigenvalue weighted by molar-refractivity contribution is 7.89. The van der Waals surface area contributed by atoms with Crippen molar-refractivity contribution in [3.63, 3.8) is 0 Å². The van der Waals surface area contributed by atoms with Gasteiger partial charge in [-0.25, -0.2) is 8.42 Å². The van der Waals surface area contributed by atoms with Crippen LogP contribution >= 0.6 is 0 Å². The molecule has 0 spiro atoms. The Bertz CT molecular complexity index is 483.